The van der Waals surface area contributed by atoms with Crippen molar-refractivity contribution >= 4 is 11.8 Å². The molecule has 2 amide bonds. The summed E-state index contributed by atoms with van der Waals surface area (Å²) < 4.78 is 5.80. The zero-order chi connectivity index (χ0) is 22.3. The van der Waals surface area contributed by atoms with Gasteiger partial charge < -0.3 is 15.0 Å². The minimum absolute atomic E-state index is 0.115. The minimum atomic E-state index is -0.572. The highest BCUT2D eigenvalue weighted by Crippen LogP contribution is 2.19. The molecule has 5 heteroatoms. The molecule has 0 aromatic heterocycles. The highest BCUT2D eigenvalue weighted by molar-refractivity contribution is 5.88. The fourth-order valence-electron chi connectivity index (χ4n) is 3.28. The Morgan fingerprint density at radius 3 is 2.17 bits per heavy atom. The lowest BCUT2D eigenvalue weighted by molar-refractivity contribution is -0.143. The van der Waals surface area contributed by atoms with Crippen molar-refractivity contribution in [2.75, 3.05) is 6.61 Å². The first-order valence-corrected chi connectivity index (χ1v) is 10.5. The van der Waals surface area contributed by atoms with E-state index in [-0.39, 0.29) is 24.0 Å². The molecular formula is C25H34N2O3. The van der Waals surface area contributed by atoms with Crippen molar-refractivity contribution in [2.24, 2.45) is 0 Å². The molecule has 2 aromatic carbocycles. The molecule has 1 N–H and O–H groups in total. The number of ether oxygens (including phenoxy) is 1. The highest BCUT2D eigenvalue weighted by Gasteiger charge is 2.31. The molecule has 0 spiro atoms. The smallest absolute Gasteiger partial charge is 0.261 e. The van der Waals surface area contributed by atoms with Gasteiger partial charge in [-0.3, -0.25) is 9.59 Å². The van der Waals surface area contributed by atoms with Gasteiger partial charge in [0.15, 0.2) is 6.61 Å². The third-order valence-corrected chi connectivity index (χ3v) is 4.93. The lowest BCUT2D eigenvalue weighted by atomic mass is 10.0. The first-order valence-electron chi connectivity index (χ1n) is 10.5. The molecule has 0 unspecified atom stereocenters. The van der Waals surface area contributed by atoms with Gasteiger partial charge in [0.1, 0.15) is 11.8 Å². The normalized spacial score (nSPS) is 12.2. The highest BCUT2D eigenvalue weighted by atomic mass is 16.5. The van der Waals surface area contributed by atoms with Crippen LogP contribution in [-0.2, 0) is 16.1 Å². The van der Waals surface area contributed by atoms with Gasteiger partial charge in [-0.05, 0) is 63.8 Å². The van der Waals surface area contributed by atoms with Crippen LogP contribution < -0.4 is 10.1 Å². The van der Waals surface area contributed by atoms with Gasteiger partial charge >= 0.3 is 0 Å². The second kappa shape index (κ2) is 10.3. The lowest BCUT2D eigenvalue weighted by Gasteiger charge is -2.33. The van der Waals surface area contributed by atoms with Crippen LogP contribution in [0, 0.1) is 13.8 Å². The fraction of sp³-hybridized carbons (Fsp3) is 0.440. The van der Waals surface area contributed by atoms with Crippen LogP contribution in [0.1, 0.15) is 50.8 Å². The number of para-hydroxylation sites is 1. The number of carbonyl (C=O) groups excluding carboxylic acids is 2. The van der Waals surface area contributed by atoms with E-state index in [1.165, 1.54) is 0 Å². The first-order chi connectivity index (χ1) is 14.1. The summed E-state index contributed by atoms with van der Waals surface area (Å²) in [5.74, 6) is 0.314. The third kappa shape index (κ3) is 6.61. The molecule has 0 saturated carbocycles. The number of amides is 2. The molecule has 2 rings (SSSR count). The van der Waals surface area contributed by atoms with E-state index in [4.69, 9.17) is 4.74 Å². The van der Waals surface area contributed by atoms with Crippen LogP contribution in [0.2, 0.25) is 0 Å². The number of hydrogen-bond acceptors (Lipinski definition) is 3. The van der Waals surface area contributed by atoms with E-state index in [1.54, 1.807) is 4.90 Å². The van der Waals surface area contributed by atoms with Crippen molar-refractivity contribution in [1.82, 2.24) is 10.2 Å². The maximum atomic E-state index is 13.2. The van der Waals surface area contributed by atoms with Gasteiger partial charge in [-0.25, -0.2) is 0 Å². The Hall–Kier alpha value is -2.82. The number of aryl methyl sites for hydroxylation is 2. The summed E-state index contributed by atoms with van der Waals surface area (Å²) in [7, 11) is 0. The standard InChI is InChI=1S/C25H34N2O3/c1-7-21(24(29)26-25(4,5)6)27(16-20-14-10-8-12-18(20)2)23(28)17-30-22-15-11-9-13-19(22)3/h8-15,21H,7,16-17H2,1-6H3,(H,26,29)/t21-/m0/s1. The molecular weight excluding hydrogens is 376 g/mol. The van der Waals surface area contributed by atoms with Crippen LogP contribution in [0.25, 0.3) is 0 Å². The Balaban J connectivity index is 2.27. The van der Waals surface area contributed by atoms with Crippen LogP contribution in [-0.4, -0.2) is 34.9 Å². The summed E-state index contributed by atoms with van der Waals surface area (Å²) in [6.45, 7) is 11.9. The number of benzene rings is 2. The maximum Gasteiger partial charge on any atom is 0.261 e. The molecule has 162 valence electrons. The van der Waals surface area contributed by atoms with E-state index in [0.717, 1.165) is 16.7 Å². The quantitative estimate of drug-likeness (QED) is 0.701. The van der Waals surface area contributed by atoms with Gasteiger partial charge in [0, 0.05) is 12.1 Å². The predicted octanol–water partition coefficient (Wildman–Crippen LogP) is 4.40. The van der Waals surface area contributed by atoms with E-state index in [2.05, 4.69) is 5.32 Å². The van der Waals surface area contributed by atoms with Gasteiger partial charge in [-0.15, -0.1) is 0 Å². The summed E-state index contributed by atoms with van der Waals surface area (Å²) in [5.41, 5.74) is 2.69. The number of nitrogens with one attached hydrogen (secondary N) is 1. The van der Waals surface area contributed by atoms with Crippen LogP contribution in [0.15, 0.2) is 48.5 Å². The van der Waals surface area contributed by atoms with E-state index < -0.39 is 6.04 Å². The number of hydrogen-bond donors (Lipinski definition) is 1. The summed E-state index contributed by atoms with van der Waals surface area (Å²) in [6, 6.07) is 14.9. The second-order valence-corrected chi connectivity index (χ2v) is 8.67. The van der Waals surface area contributed by atoms with Crippen molar-refractivity contribution in [3.05, 3.63) is 65.2 Å². The molecule has 5 nitrogen and oxygen atoms in total. The van der Waals surface area contributed by atoms with Gasteiger partial charge in [-0.1, -0.05) is 49.4 Å². The number of nitrogens with zero attached hydrogens (tertiary/aromatic N) is 1. The molecule has 0 aliphatic heterocycles. The zero-order valence-corrected chi connectivity index (χ0v) is 19.0. The Labute approximate surface area is 180 Å². The molecule has 0 aliphatic carbocycles. The summed E-state index contributed by atoms with van der Waals surface area (Å²) in [4.78, 5) is 27.9. The monoisotopic (exact) mass is 410 g/mol. The second-order valence-electron chi connectivity index (χ2n) is 8.67. The Kier molecular flexibility index (Phi) is 8.04. The van der Waals surface area contributed by atoms with Gasteiger partial charge in [0.2, 0.25) is 5.91 Å². The van der Waals surface area contributed by atoms with Gasteiger partial charge in [0.25, 0.3) is 5.91 Å². The number of carbonyl (C=O) groups is 2. The average Bonchev–Trinajstić information content (AvgIpc) is 2.67. The van der Waals surface area contributed by atoms with Crippen LogP contribution in [0.3, 0.4) is 0 Å². The predicted molar refractivity (Wildman–Crippen MR) is 120 cm³/mol. The van der Waals surface area contributed by atoms with Crippen LogP contribution in [0.5, 0.6) is 5.75 Å². The molecule has 0 radical (unpaired) electrons. The Morgan fingerprint density at radius 2 is 1.60 bits per heavy atom. The molecule has 1 atom stereocenters. The van der Waals surface area contributed by atoms with E-state index in [9.17, 15) is 9.59 Å². The molecule has 0 fully saturated rings. The topological polar surface area (TPSA) is 58.6 Å². The molecule has 0 bridgehead atoms. The maximum absolute atomic E-state index is 13.2. The molecule has 0 aliphatic rings. The third-order valence-electron chi connectivity index (χ3n) is 4.93. The summed E-state index contributed by atoms with van der Waals surface area (Å²) in [6.07, 6.45) is 0.518. The largest absolute Gasteiger partial charge is 0.484 e. The molecule has 0 heterocycles. The van der Waals surface area contributed by atoms with E-state index in [0.29, 0.717) is 18.7 Å². The fourth-order valence-corrected chi connectivity index (χ4v) is 3.28. The Morgan fingerprint density at radius 1 is 1.00 bits per heavy atom. The van der Waals surface area contributed by atoms with E-state index >= 15 is 0 Å². The minimum Gasteiger partial charge on any atom is -0.484 e. The Bertz CT molecular complexity index is 871. The first kappa shape index (κ1) is 23.5. The van der Waals surface area contributed by atoms with Crippen molar-refractivity contribution in [2.45, 2.75) is 66.1 Å². The lowest BCUT2D eigenvalue weighted by Crippen LogP contribution is -2.54. The van der Waals surface area contributed by atoms with Crippen molar-refractivity contribution in [1.29, 1.82) is 0 Å². The van der Waals surface area contributed by atoms with Crippen LogP contribution in [0.4, 0.5) is 0 Å². The average molecular weight is 411 g/mol. The SMILES string of the molecule is CC[C@@H](C(=O)NC(C)(C)C)N(Cc1ccccc1C)C(=O)COc1ccccc1C. The van der Waals surface area contributed by atoms with Crippen molar-refractivity contribution in [3.63, 3.8) is 0 Å². The summed E-state index contributed by atoms with van der Waals surface area (Å²) in [5, 5.41) is 3.02. The number of rotatable bonds is 8. The van der Waals surface area contributed by atoms with Gasteiger partial charge in [-0.2, -0.15) is 0 Å². The van der Waals surface area contributed by atoms with Gasteiger partial charge in [0.05, 0.1) is 0 Å². The zero-order valence-electron chi connectivity index (χ0n) is 19.0. The molecule has 30 heavy (non-hydrogen) atoms. The molecule has 0 saturated heterocycles. The van der Waals surface area contributed by atoms with Crippen LogP contribution >= 0.6 is 0 Å². The van der Waals surface area contributed by atoms with Crippen molar-refractivity contribution < 1.29 is 14.3 Å². The van der Waals surface area contributed by atoms with Crippen molar-refractivity contribution in [3.8, 4) is 5.75 Å². The summed E-state index contributed by atoms with van der Waals surface area (Å²) >= 11 is 0. The van der Waals surface area contributed by atoms with E-state index in [1.807, 2.05) is 90.1 Å². The molecule has 2 aromatic rings.